The average Bonchev–Trinajstić information content (AvgIpc) is 2.67. The number of carbonyl (C=O) groups excluding carboxylic acids is 2. The van der Waals surface area contributed by atoms with Crippen molar-refractivity contribution in [2.24, 2.45) is 0 Å². The fourth-order valence-corrected chi connectivity index (χ4v) is 5.44. The zero-order valence-corrected chi connectivity index (χ0v) is 18.6. The van der Waals surface area contributed by atoms with Crippen LogP contribution in [0, 0.1) is 12.7 Å². The van der Waals surface area contributed by atoms with Crippen molar-refractivity contribution in [3.05, 3.63) is 29.6 Å². The van der Waals surface area contributed by atoms with E-state index in [9.17, 15) is 22.4 Å². The van der Waals surface area contributed by atoms with E-state index < -0.39 is 27.7 Å². The van der Waals surface area contributed by atoms with E-state index in [2.05, 4.69) is 10.6 Å². The first-order chi connectivity index (χ1) is 14.1. The van der Waals surface area contributed by atoms with Crippen molar-refractivity contribution >= 4 is 21.8 Å². The van der Waals surface area contributed by atoms with Crippen LogP contribution in [0.1, 0.15) is 31.2 Å². The van der Waals surface area contributed by atoms with Crippen molar-refractivity contribution in [3.63, 3.8) is 0 Å². The maximum absolute atomic E-state index is 13.4. The van der Waals surface area contributed by atoms with Gasteiger partial charge in [-0.15, -0.1) is 0 Å². The van der Waals surface area contributed by atoms with Crippen molar-refractivity contribution in [3.8, 4) is 0 Å². The smallest absolute Gasteiger partial charge is 0.309 e. The molecule has 2 N–H and O–H groups in total. The standard InChI is InChI=1S/C20H31FN4O4S/c1-15-14-16(21)7-8-18(15)30(28,29)25-12-5-4-6-17(25)9-10-22-19(26)20(27)23-11-13-24(2)3/h7-8,14,17H,4-6,9-13H2,1-3H3,(H,22,26)(H,23,27)/t17-/m1/s1. The zero-order valence-electron chi connectivity index (χ0n) is 17.8. The van der Waals surface area contributed by atoms with Gasteiger partial charge < -0.3 is 15.5 Å². The molecule has 1 aromatic carbocycles. The molecule has 1 atom stereocenters. The van der Waals surface area contributed by atoms with Gasteiger partial charge in [-0.1, -0.05) is 6.42 Å². The van der Waals surface area contributed by atoms with Gasteiger partial charge >= 0.3 is 11.8 Å². The molecule has 1 fully saturated rings. The van der Waals surface area contributed by atoms with E-state index in [1.54, 1.807) is 6.92 Å². The Morgan fingerprint density at radius 3 is 2.47 bits per heavy atom. The molecule has 0 bridgehead atoms. The number of sulfonamides is 1. The van der Waals surface area contributed by atoms with E-state index in [-0.39, 0.29) is 17.5 Å². The Balaban J connectivity index is 1.96. The summed E-state index contributed by atoms with van der Waals surface area (Å²) < 4.78 is 41.2. The maximum Gasteiger partial charge on any atom is 0.309 e. The minimum atomic E-state index is -3.78. The van der Waals surface area contributed by atoms with Crippen LogP contribution in [0.5, 0.6) is 0 Å². The molecule has 1 saturated heterocycles. The van der Waals surface area contributed by atoms with Gasteiger partial charge in [-0.3, -0.25) is 9.59 Å². The number of hydrogen-bond donors (Lipinski definition) is 2. The first-order valence-corrected chi connectivity index (χ1v) is 11.6. The lowest BCUT2D eigenvalue weighted by atomic mass is 10.0. The number of amides is 2. The van der Waals surface area contributed by atoms with Crippen molar-refractivity contribution in [2.45, 2.75) is 43.5 Å². The van der Waals surface area contributed by atoms with Gasteiger partial charge in [-0.05, 0) is 64.0 Å². The fourth-order valence-electron chi connectivity index (χ4n) is 3.51. The molecule has 2 rings (SSSR count). The number of nitrogens with zero attached hydrogens (tertiary/aromatic N) is 2. The van der Waals surface area contributed by atoms with E-state index in [1.807, 2.05) is 19.0 Å². The molecule has 0 saturated carbocycles. The molecule has 1 aliphatic heterocycles. The second kappa shape index (κ2) is 10.8. The molecule has 0 aliphatic carbocycles. The molecule has 30 heavy (non-hydrogen) atoms. The second-order valence-electron chi connectivity index (χ2n) is 7.78. The zero-order chi connectivity index (χ0) is 22.3. The molecular weight excluding hydrogens is 411 g/mol. The molecule has 0 radical (unpaired) electrons. The summed E-state index contributed by atoms with van der Waals surface area (Å²) in [4.78, 5) is 25.7. The maximum atomic E-state index is 13.4. The molecule has 1 aliphatic rings. The topological polar surface area (TPSA) is 98.8 Å². The van der Waals surface area contributed by atoms with Crippen LogP contribution in [0.4, 0.5) is 4.39 Å². The van der Waals surface area contributed by atoms with Crippen LogP contribution in [0.25, 0.3) is 0 Å². The van der Waals surface area contributed by atoms with Crippen molar-refractivity contribution < 1.29 is 22.4 Å². The molecule has 10 heteroatoms. The molecule has 168 valence electrons. The van der Waals surface area contributed by atoms with Gasteiger partial charge in [-0.25, -0.2) is 12.8 Å². The van der Waals surface area contributed by atoms with E-state index in [1.165, 1.54) is 16.4 Å². The highest BCUT2D eigenvalue weighted by Crippen LogP contribution is 2.28. The van der Waals surface area contributed by atoms with Crippen LogP contribution in [-0.2, 0) is 19.6 Å². The Morgan fingerprint density at radius 2 is 1.83 bits per heavy atom. The number of nitrogens with one attached hydrogen (secondary N) is 2. The molecule has 1 aromatic rings. The Labute approximate surface area is 177 Å². The highest BCUT2D eigenvalue weighted by atomic mass is 32.2. The summed E-state index contributed by atoms with van der Waals surface area (Å²) in [6, 6.07) is 3.37. The van der Waals surface area contributed by atoms with Crippen LogP contribution in [-0.4, -0.2) is 75.8 Å². The number of carbonyl (C=O) groups is 2. The molecular formula is C20H31FN4O4S. The summed E-state index contributed by atoms with van der Waals surface area (Å²) >= 11 is 0. The summed E-state index contributed by atoms with van der Waals surface area (Å²) in [6.07, 6.45) is 2.70. The van der Waals surface area contributed by atoms with E-state index in [0.717, 1.165) is 18.9 Å². The van der Waals surface area contributed by atoms with E-state index >= 15 is 0 Å². The Kier molecular flexibility index (Phi) is 8.75. The lowest BCUT2D eigenvalue weighted by molar-refractivity contribution is -0.139. The number of likely N-dealkylation sites (N-methyl/N-ethyl adjacent to an activating group) is 1. The summed E-state index contributed by atoms with van der Waals surface area (Å²) in [6.45, 7) is 3.13. The molecule has 0 aromatic heterocycles. The van der Waals surface area contributed by atoms with Crippen LogP contribution < -0.4 is 10.6 Å². The van der Waals surface area contributed by atoms with Gasteiger partial charge in [0.05, 0.1) is 4.90 Å². The molecule has 2 amide bonds. The van der Waals surface area contributed by atoms with Crippen LogP contribution in [0.15, 0.2) is 23.1 Å². The molecule has 0 unspecified atom stereocenters. The minimum absolute atomic E-state index is 0.0973. The Bertz CT molecular complexity index is 860. The molecule has 0 spiro atoms. The predicted molar refractivity (Wildman–Crippen MR) is 112 cm³/mol. The molecule has 1 heterocycles. The van der Waals surface area contributed by atoms with Crippen molar-refractivity contribution in [2.75, 3.05) is 40.3 Å². The van der Waals surface area contributed by atoms with Gasteiger partial charge in [0.25, 0.3) is 0 Å². The number of aryl methyl sites for hydroxylation is 1. The quantitative estimate of drug-likeness (QED) is 0.582. The summed E-state index contributed by atoms with van der Waals surface area (Å²) in [5.74, 6) is -1.91. The summed E-state index contributed by atoms with van der Waals surface area (Å²) in [7, 11) is -0.0463. The number of benzene rings is 1. The van der Waals surface area contributed by atoms with Gasteiger partial charge in [0.15, 0.2) is 0 Å². The van der Waals surface area contributed by atoms with Gasteiger partial charge in [-0.2, -0.15) is 4.31 Å². The molecule has 8 nitrogen and oxygen atoms in total. The van der Waals surface area contributed by atoms with Crippen molar-refractivity contribution in [1.82, 2.24) is 19.8 Å². The Morgan fingerprint density at radius 1 is 1.17 bits per heavy atom. The van der Waals surface area contributed by atoms with Crippen LogP contribution in [0.3, 0.4) is 0 Å². The first kappa shape index (κ1) is 24.2. The fraction of sp³-hybridized carbons (Fsp3) is 0.600. The van der Waals surface area contributed by atoms with E-state index in [4.69, 9.17) is 0 Å². The van der Waals surface area contributed by atoms with Gasteiger partial charge in [0.1, 0.15) is 5.82 Å². The normalized spacial score (nSPS) is 17.7. The predicted octanol–water partition coefficient (Wildman–Crippen LogP) is 0.861. The van der Waals surface area contributed by atoms with Crippen molar-refractivity contribution in [1.29, 1.82) is 0 Å². The summed E-state index contributed by atoms with van der Waals surface area (Å²) in [5, 5.41) is 5.10. The highest BCUT2D eigenvalue weighted by Gasteiger charge is 2.34. The monoisotopic (exact) mass is 442 g/mol. The Hall–Kier alpha value is -2.04. The number of rotatable bonds is 8. The minimum Gasteiger partial charge on any atom is -0.348 e. The average molecular weight is 443 g/mol. The van der Waals surface area contributed by atoms with Gasteiger partial charge in [0, 0.05) is 32.2 Å². The SMILES string of the molecule is Cc1cc(F)ccc1S(=O)(=O)N1CCCC[C@@H]1CCNC(=O)C(=O)NCCN(C)C. The summed E-state index contributed by atoms with van der Waals surface area (Å²) in [5.41, 5.74) is 0.363. The third-order valence-corrected chi connectivity index (χ3v) is 7.22. The van der Waals surface area contributed by atoms with Crippen LogP contribution >= 0.6 is 0 Å². The lowest BCUT2D eigenvalue weighted by Crippen LogP contribution is -2.46. The van der Waals surface area contributed by atoms with E-state index in [0.29, 0.717) is 38.0 Å². The van der Waals surface area contributed by atoms with Gasteiger partial charge in [0.2, 0.25) is 10.0 Å². The number of piperidine rings is 1. The third-order valence-electron chi connectivity index (χ3n) is 5.11. The first-order valence-electron chi connectivity index (χ1n) is 10.1. The number of halogens is 1. The second-order valence-corrected chi connectivity index (χ2v) is 9.64. The van der Waals surface area contributed by atoms with Crippen LogP contribution in [0.2, 0.25) is 0 Å². The lowest BCUT2D eigenvalue weighted by Gasteiger charge is -2.35. The number of hydrogen-bond acceptors (Lipinski definition) is 5. The largest absolute Gasteiger partial charge is 0.348 e. The third kappa shape index (κ3) is 6.48. The highest BCUT2D eigenvalue weighted by molar-refractivity contribution is 7.89.